The summed E-state index contributed by atoms with van der Waals surface area (Å²) < 4.78 is 5.79. The van der Waals surface area contributed by atoms with Crippen molar-refractivity contribution >= 4 is 5.97 Å². The van der Waals surface area contributed by atoms with E-state index in [2.05, 4.69) is 21.1 Å². The van der Waals surface area contributed by atoms with Gasteiger partial charge in [-0.2, -0.15) is 0 Å². The molecule has 0 spiro atoms. The van der Waals surface area contributed by atoms with Gasteiger partial charge in [-0.15, -0.1) is 0 Å². The van der Waals surface area contributed by atoms with Crippen molar-refractivity contribution in [1.29, 1.82) is 0 Å². The van der Waals surface area contributed by atoms with Crippen molar-refractivity contribution in [2.45, 2.75) is 6.92 Å². The number of carbonyl (C=O) groups excluding carboxylic acids is 1. The Hall–Kier alpha value is -1.09. The van der Waals surface area contributed by atoms with Gasteiger partial charge in [-0.05, 0) is 6.92 Å². The van der Waals surface area contributed by atoms with Crippen LogP contribution in [0.25, 0.3) is 0 Å². The summed E-state index contributed by atoms with van der Waals surface area (Å²) in [7, 11) is 6.18. The zero-order chi connectivity index (χ0) is 11.0. The van der Waals surface area contributed by atoms with E-state index in [4.69, 9.17) is 4.74 Å². The lowest BCUT2D eigenvalue weighted by atomic mass is 10.4. The molecule has 0 aromatic carbocycles. The maximum absolute atomic E-state index is 11.1. The lowest BCUT2D eigenvalue weighted by molar-refractivity contribution is -0.870. The maximum Gasteiger partial charge on any atom is 0.330 e. The van der Waals surface area contributed by atoms with Crippen LogP contribution in [-0.4, -0.2) is 44.7 Å². The molecule has 3 heteroatoms. The van der Waals surface area contributed by atoms with E-state index in [1.165, 1.54) is 6.08 Å². The van der Waals surface area contributed by atoms with E-state index in [1.54, 1.807) is 12.2 Å². The van der Waals surface area contributed by atoms with Crippen LogP contribution in [0.4, 0.5) is 0 Å². The molecule has 0 aromatic rings. The van der Waals surface area contributed by atoms with Crippen LogP contribution in [-0.2, 0) is 9.53 Å². The van der Waals surface area contributed by atoms with E-state index in [0.717, 1.165) is 11.0 Å². The number of hydrogen-bond donors (Lipinski definition) is 0. The van der Waals surface area contributed by atoms with Crippen molar-refractivity contribution in [3.05, 3.63) is 24.3 Å². The molecule has 0 rings (SSSR count). The molecular formula is C11H20NO2+. The van der Waals surface area contributed by atoms with E-state index in [1.807, 2.05) is 13.0 Å². The Kier molecular flexibility index (Phi) is 5.88. The highest BCUT2D eigenvalue weighted by atomic mass is 16.5. The first-order chi connectivity index (χ1) is 6.45. The van der Waals surface area contributed by atoms with Crippen molar-refractivity contribution in [1.82, 2.24) is 0 Å². The van der Waals surface area contributed by atoms with E-state index in [-0.39, 0.29) is 5.97 Å². The first-order valence-corrected chi connectivity index (χ1v) is 4.72. The van der Waals surface area contributed by atoms with Gasteiger partial charge in [0.15, 0.2) is 0 Å². The van der Waals surface area contributed by atoms with Crippen LogP contribution in [0.2, 0.25) is 0 Å². The molecule has 14 heavy (non-hydrogen) atoms. The number of esters is 1. The minimum atomic E-state index is -0.281. The van der Waals surface area contributed by atoms with Crippen molar-refractivity contribution in [3.63, 3.8) is 0 Å². The molecule has 0 aliphatic rings. The lowest BCUT2D eigenvalue weighted by Gasteiger charge is -2.23. The molecule has 0 N–H and O–H groups in total. The van der Waals surface area contributed by atoms with Crippen LogP contribution in [0.1, 0.15) is 6.92 Å². The van der Waals surface area contributed by atoms with E-state index < -0.39 is 0 Å². The van der Waals surface area contributed by atoms with Crippen LogP contribution in [0.15, 0.2) is 24.3 Å². The lowest BCUT2D eigenvalue weighted by Crippen LogP contribution is -2.37. The van der Waals surface area contributed by atoms with Gasteiger partial charge >= 0.3 is 5.97 Å². The van der Waals surface area contributed by atoms with Crippen LogP contribution < -0.4 is 0 Å². The molecule has 0 bridgehead atoms. The fourth-order valence-electron chi connectivity index (χ4n) is 0.713. The molecule has 0 fully saturated rings. The first kappa shape index (κ1) is 12.9. The van der Waals surface area contributed by atoms with Gasteiger partial charge in [0.05, 0.1) is 21.1 Å². The monoisotopic (exact) mass is 198 g/mol. The summed E-state index contributed by atoms with van der Waals surface area (Å²) in [5.74, 6) is -0.281. The van der Waals surface area contributed by atoms with Crippen molar-refractivity contribution in [2.24, 2.45) is 0 Å². The molecule has 0 atom stereocenters. The summed E-state index contributed by atoms with van der Waals surface area (Å²) in [4.78, 5) is 11.1. The quantitative estimate of drug-likeness (QED) is 0.289. The molecule has 0 aliphatic carbocycles. The summed E-state index contributed by atoms with van der Waals surface area (Å²) in [6.07, 6.45) is 6.75. The highest BCUT2D eigenvalue weighted by Crippen LogP contribution is 1.90. The Bertz CT molecular complexity index is 224. The molecular weight excluding hydrogens is 178 g/mol. The maximum atomic E-state index is 11.1. The molecule has 0 heterocycles. The van der Waals surface area contributed by atoms with Gasteiger partial charge in [0.1, 0.15) is 13.2 Å². The van der Waals surface area contributed by atoms with Gasteiger partial charge < -0.3 is 9.22 Å². The Morgan fingerprint density at radius 2 is 1.93 bits per heavy atom. The third kappa shape index (κ3) is 9.00. The standard InChI is InChI=1S/C11H20NO2/c1-5-6-7-8-11(13)14-10-9-12(2,3)4/h5-8H,9-10H2,1-4H3/q+1. The summed E-state index contributed by atoms with van der Waals surface area (Å²) in [6, 6.07) is 0. The molecule has 0 amide bonds. The molecule has 3 nitrogen and oxygen atoms in total. The van der Waals surface area contributed by atoms with Crippen molar-refractivity contribution in [3.8, 4) is 0 Å². The largest absolute Gasteiger partial charge is 0.457 e. The van der Waals surface area contributed by atoms with E-state index in [9.17, 15) is 4.79 Å². The number of nitrogens with zero attached hydrogens (tertiary/aromatic N) is 1. The normalized spacial score (nSPS) is 12.6. The van der Waals surface area contributed by atoms with Gasteiger partial charge in [-0.3, -0.25) is 0 Å². The fourth-order valence-corrected chi connectivity index (χ4v) is 0.713. The van der Waals surface area contributed by atoms with E-state index in [0.29, 0.717) is 6.61 Å². The predicted molar refractivity (Wildman–Crippen MR) is 57.8 cm³/mol. The van der Waals surface area contributed by atoms with Gasteiger partial charge in [0.25, 0.3) is 0 Å². The fraction of sp³-hybridized carbons (Fsp3) is 0.545. The Morgan fingerprint density at radius 3 is 2.43 bits per heavy atom. The second-order valence-corrected chi connectivity index (χ2v) is 4.07. The molecule has 80 valence electrons. The van der Waals surface area contributed by atoms with Gasteiger partial charge in [-0.25, -0.2) is 4.79 Å². The molecule has 0 saturated heterocycles. The number of quaternary nitrogens is 1. The summed E-state index contributed by atoms with van der Waals surface area (Å²) in [6.45, 7) is 3.18. The first-order valence-electron chi connectivity index (χ1n) is 4.72. The van der Waals surface area contributed by atoms with Gasteiger partial charge in [-0.1, -0.05) is 18.2 Å². The summed E-state index contributed by atoms with van der Waals surface area (Å²) >= 11 is 0. The molecule has 0 unspecified atom stereocenters. The summed E-state index contributed by atoms with van der Waals surface area (Å²) in [5.41, 5.74) is 0. The minimum absolute atomic E-state index is 0.281. The number of rotatable bonds is 5. The number of ether oxygens (including phenoxy) is 1. The van der Waals surface area contributed by atoms with Crippen LogP contribution >= 0.6 is 0 Å². The smallest absolute Gasteiger partial charge is 0.330 e. The van der Waals surface area contributed by atoms with Crippen LogP contribution in [0.3, 0.4) is 0 Å². The predicted octanol–water partition coefficient (Wildman–Crippen LogP) is 1.37. The third-order valence-electron chi connectivity index (χ3n) is 1.54. The van der Waals surface area contributed by atoms with Gasteiger partial charge in [0.2, 0.25) is 0 Å². The highest BCUT2D eigenvalue weighted by molar-refractivity contribution is 5.82. The Morgan fingerprint density at radius 1 is 1.29 bits per heavy atom. The number of hydrogen-bond acceptors (Lipinski definition) is 2. The molecule has 0 radical (unpaired) electrons. The Labute approximate surface area is 86.3 Å². The van der Waals surface area contributed by atoms with Crippen LogP contribution in [0, 0.1) is 0 Å². The van der Waals surface area contributed by atoms with Gasteiger partial charge in [0, 0.05) is 6.08 Å². The van der Waals surface area contributed by atoms with Crippen molar-refractivity contribution in [2.75, 3.05) is 34.3 Å². The average Bonchev–Trinajstić information content (AvgIpc) is 2.02. The average molecular weight is 198 g/mol. The SMILES string of the molecule is CC=CC=CC(=O)OCC[N+](C)(C)C. The second-order valence-electron chi connectivity index (χ2n) is 4.07. The van der Waals surface area contributed by atoms with Crippen molar-refractivity contribution < 1.29 is 14.0 Å². The second kappa shape index (κ2) is 6.38. The van der Waals surface area contributed by atoms with E-state index >= 15 is 0 Å². The number of allylic oxidation sites excluding steroid dienone is 3. The number of likely N-dealkylation sites (N-methyl/N-ethyl adjacent to an activating group) is 1. The number of carbonyl (C=O) groups is 1. The zero-order valence-corrected chi connectivity index (χ0v) is 9.49. The minimum Gasteiger partial charge on any atom is -0.457 e. The van der Waals surface area contributed by atoms with Crippen LogP contribution in [0.5, 0.6) is 0 Å². The zero-order valence-electron chi connectivity index (χ0n) is 9.49. The molecule has 0 aromatic heterocycles. The highest BCUT2D eigenvalue weighted by Gasteiger charge is 2.07. The topological polar surface area (TPSA) is 26.3 Å². The summed E-state index contributed by atoms with van der Waals surface area (Å²) in [5, 5.41) is 0. The molecule has 0 aliphatic heterocycles. The molecule has 0 saturated carbocycles. The third-order valence-corrected chi connectivity index (χ3v) is 1.54. The Balaban J connectivity index is 3.65.